The van der Waals surface area contributed by atoms with Gasteiger partial charge < -0.3 is 5.11 Å². The maximum atomic E-state index is 12.6. The molecule has 1 aliphatic heterocycles. The first-order chi connectivity index (χ1) is 7.80. The molecule has 0 aromatic heterocycles. The van der Waals surface area contributed by atoms with Gasteiger partial charge >= 0.3 is 6.18 Å². The molecule has 0 spiro atoms. The molecule has 0 bridgehead atoms. The molecular formula is C12H22F3NO. The highest BCUT2D eigenvalue weighted by molar-refractivity contribution is 4.84. The van der Waals surface area contributed by atoms with Gasteiger partial charge in [-0.15, -0.1) is 0 Å². The van der Waals surface area contributed by atoms with Crippen molar-refractivity contribution in [2.75, 3.05) is 19.6 Å². The highest BCUT2D eigenvalue weighted by Crippen LogP contribution is 2.33. The number of hydrogen-bond acceptors (Lipinski definition) is 2. The topological polar surface area (TPSA) is 23.5 Å². The third kappa shape index (κ3) is 4.14. The first-order valence-corrected chi connectivity index (χ1v) is 6.32. The number of piperidine rings is 1. The van der Waals surface area contributed by atoms with E-state index in [0.29, 0.717) is 32.4 Å². The van der Waals surface area contributed by atoms with Crippen molar-refractivity contribution in [3.05, 3.63) is 0 Å². The van der Waals surface area contributed by atoms with E-state index in [1.807, 2.05) is 13.8 Å². The van der Waals surface area contributed by atoms with Crippen LogP contribution in [0.4, 0.5) is 13.2 Å². The lowest BCUT2D eigenvalue weighted by molar-refractivity contribution is -0.189. The molecule has 0 aliphatic carbocycles. The van der Waals surface area contributed by atoms with Gasteiger partial charge in [0.2, 0.25) is 0 Å². The molecule has 1 atom stereocenters. The highest BCUT2D eigenvalue weighted by atomic mass is 19.4. The maximum absolute atomic E-state index is 12.6. The van der Waals surface area contributed by atoms with Crippen LogP contribution in [0, 0.1) is 5.92 Å². The Morgan fingerprint density at radius 2 is 1.82 bits per heavy atom. The summed E-state index contributed by atoms with van der Waals surface area (Å²) in [5.74, 6) is -1.23. The molecule has 1 heterocycles. The van der Waals surface area contributed by atoms with Crippen LogP contribution >= 0.6 is 0 Å². The van der Waals surface area contributed by atoms with E-state index in [0.717, 1.165) is 0 Å². The molecule has 0 aromatic carbocycles. The van der Waals surface area contributed by atoms with Crippen LogP contribution < -0.4 is 0 Å². The molecule has 0 aromatic rings. The summed E-state index contributed by atoms with van der Waals surface area (Å²) in [4.78, 5) is 1.76. The van der Waals surface area contributed by atoms with Crippen molar-refractivity contribution in [3.63, 3.8) is 0 Å². The normalized spacial score (nSPS) is 24.0. The van der Waals surface area contributed by atoms with Crippen LogP contribution in [0.1, 0.15) is 39.5 Å². The molecule has 17 heavy (non-hydrogen) atoms. The van der Waals surface area contributed by atoms with E-state index < -0.39 is 17.7 Å². The minimum atomic E-state index is -4.10. The van der Waals surface area contributed by atoms with Crippen molar-refractivity contribution < 1.29 is 18.3 Å². The molecule has 1 aliphatic rings. The van der Waals surface area contributed by atoms with Gasteiger partial charge in [0.15, 0.2) is 0 Å². The number of halogens is 3. The number of likely N-dealkylation sites (tertiary alicyclic amines) is 1. The molecule has 2 nitrogen and oxygen atoms in total. The number of nitrogens with zero attached hydrogens (tertiary/aromatic N) is 1. The zero-order valence-corrected chi connectivity index (χ0v) is 10.6. The molecule has 102 valence electrons. The lowest BCUT2D eigenvalue weighted by Gasteiger charge is -2.38. The van der Waals surface area contributed by atoms with E-state index in [4.69, 9.17) is 0 Å². The SMILES string of the molecule is CCC(O)(CC)CN1CCCC(C(F)(F)F)C1. The number of β-amino-alcohol motifs (C(OH)–C–C–N with tert-alkyl or cyclic N) is 1. The van der Waals surface area contributed by atoms with Gasteiger partial charge in [0, 0.05) is 13.1 Å². The van der Waals surface area contributed by atoms with Gasteiger partial charge in [-0.25, -0.2) is 0 Å². The Kier molecular flexibility index (Phi) is 4.84. The maximum Gasteiger partial charge on any atom is 0.393 e. The molecule has 5 heteroatoms. The number of aliphatic hydroxyl groups is 1. The van der Waals surface area contributed by atoms with Crippen molar-refractivity contribution in [1.29, 1.82) is 0 Å². The second-order valence-electron chi connectivity index (χ2n) is 5.05. The van der Waals surface area contributed by atoms with Crippen molar-refractivity contribution in [2.24, 2.45) is 5.92 Å². The van der Waals surface area contributed by atoms with Gasteiger partial charge in [0.1, 0.15) is 0 Å². The molecule has 1 N–H and O–H groups in total. The summed E-state index contributed by atoms with van der Waals surface area (Å²) in [6.07, 6.45) is -2.16. The molecular weight excluding hydrogens is 231 g/mol. The van der Waals surface area contributed by atoms with Crippen molar-refractivity contribution in [2.45, 2.75) is 51.3 Å². The molecule has 0 radical (unpaired) electrons. The molecule has 1 fully saturated rings. The van der Waals surface area contributed by atoms with E-state index in [-0.39, 0.29) is 13.0 Å². The Morgan fingerprint density at radius 1 is 1.24 bits per heavy atom. The molecule has 1 unspecified atom stereocenters. The monoisotopic (exact) mass is 253 g/mol. The number of rotatable bonds is 4. The van der Waals surface area contributed by atoms with Crippen LogP contribution in [0.15, 0.2) is 0 Å². The predicted molar refractivity (Wildman–Crippen MR) is 60.8 cm³/mol. The van der Waals surface area contributed by atoms with Crippen LogP contribution in [0.2, 0.25) is 0 Å². The first kappa shape index (κ1) is 14.8. The van der Waals surface area contributed by atoms with Crippen LogP contribution in [-0.2, 0) is 0 Å². The molecule has 1 saturated heterocycles. The third-order valence-corrected chi connectivity index (χ3v) is 3.80. The fourth-order valence-electron chi connectivity index (χ4n) is 2.36. The van der Waals surface area contributed by atoms with Crippen molar-refractivity contribution >= 4 is 0 Å². The van der Waals surface area contributed by atoms with Crippen LogP contribution in [0.5, 0.6) is 0 Å². The lowest BCUT2D eigenvalue weighted by Crippen LogP contribution is -2.48. The van der Waals surface area contributed by atoms with Crippen LogP contribution in [-0.4, -0.2) is 41.4 Å². The smallest absolute Gasteiger partial charge is 0.389 e. The van der Waals surface area contributed by atoms with E-state index in [1.54, 1.807) is 4.90 Å². The van der Waals surface area contributed by atoms with Crippen LogP contribution in [0.3, 0.4) is 0 Å². The van der Waals surface area contributed by atoms with Gasteiger partial charge in [-0.05, 0) is 32.2 Å². The summed E-state index contributed by atoms with van der Waals surface area (Å²) in [6, 6.07) is 0. The summed E-state index contributed by atoms with van der Waals surface area (Å²) in [6.45, 7) is 4.79. The second kappa shape index (κ2) is 5.57. The summed E-state index contributed by atoms with van der Waals surface area (Å²) < 4.78 is 37.9. The first-order valence-electron chi connectivity index (χ1n) is 6.32. The average Bonchev–Trinajstić information content (AvgIpc) is 2.28. The Hall–Kier alpha value is -0.290. The largest absolute Gasteiger partial charge is 0.393 e. The predicted octanol–water partition coefficient (Wildman–Crippen LogP) is 2.81. The Morgan fingerprint density at radius 3 is 2.29 bits per heavy atom. The summed E-state index contributed by atoms with van der Waals surface area (Å²) in [5, 5.41) is 10.1. The minimum Gasteiger partial charge on any atom is -0.389 e. The quantitative estimate of drug-likeness (QED) is 0.832. The summed E-state index contributed by atoms with van der Waals surface area (Å²) in [5.41, 5.74) is -0.840. The van der Waals surface area contributed by atoms with Gasteiger partial charge in [0.25, 0.3) is 0 Å². The zero-order valence-electron chi connectivity index (χ0n) is 10.6. The van der Waals surface area contributed by atoms with Crippen molar-refractivity contribution in [1.82, 2.24) is 4.90 Å². The van der Waals surface area contributed by atoms with Crippen LogP contribution in [0.25, 0.3) is 0 Å². The fourth-order valence-corrected chi connectivity index (χ4v) is 2.36. The van der Waals surface area contributed by atoms with E-state index in [2.05, 4.69) is 0 Å². The summed E-state index contributed by atoms with van der Waals surface area (Å²) >= 11 is 0. The van der Waals surface area contributed by atoms with Gasteiger partial charge in [0.05, 0.1) is 11.5 Å². The average molecular weight is 253 g/mol. The third-order valence-electron chi connectivity index (χ3n) is 3.80. The minimum absolute atomic E-state index is 0.0335. The Bertz CT molecular complexity index is 238. The second-order valence-corrected chi connectivity index (χ2v) is 5.05. The van der Waals surface area contributed by atoms with Crippen molar-refractivity contribution in [3.8, 4) is 0 Å². The molecule has 0 amide bonds. The molecule has 1 rings (SSSR count). The van der Waals surface area contributed by atoms with E-state index in [1.165, 1.54) is 0 Å². The highest BCUT2D eigenvalue weighted by Gasteiger charge is 2.42. The summed E-state index contributed by atoms with van der Waals surface area (Å²) in [7, 11) is 0. The Balaban J connectivity index is 2.56. The Labute approximate surface area is 101 Å². The van der Waals surface area contributed by atoms with Gasteiger partial charge in [-0.3, -0.25) is 4.90 Å². The van der Waals surface area contributed by atoms with E-state index in [9.17, 15) is 18.3 Å². The lowest BCUT2D eigenvalue weighted by atomic mass is 9.92. The standard InChI is InChI=1S/C12H22F3NO/c1-3-11(17,4-2)9-16-7-5-6-10(8-16)12(13,14)15/h10,17H,3-9H2,1-2H3. The van der Waals surface area contributed by atoms with Gasteiger partial charge in [-0.2, -0.15) is 13.2 Å². The number of hydrogen-bond donors (Lipinski definition) is 1. The van der Waals surface area contributed by atoms with Gasteiger partial charge in [-0.1, -0.05) is 13.8 Å². The number of alkyl halides is 3. The fraction of sp³-hybridized carbons (Fsp3) is 1.00. The zero-order chi connectivity index (χ0) is 13.1. The van der Waals surface area contributed by atoms with E-state index >= 15 is 0 Å². The molecule has 0 saturated carbocycles.